The maximum absolute atomic E-state index is 12.1. The van der Waals surface area contributed by atoms with E-state index in [-0.39, 0.29) is 18.0 Å². The van der Waals surface area contributed by atoms with Crippen LogP contribution >= 0.6 is 0 Å². The van der Waals surface area contributed by atoms with Gasteiger partial charge in [0.05, 0.1) is 5.92 Å². The average Bonchev–Trinajstić information content (AvgIpc) is 3.00. The molecule has 0 spiro atoms. The van der Waals surface area contributed by atoms with E-state index < -0.39 is 0 Å². The maximum Gasteiger partial charge on any atom is 0.309 e. The highest BCUT2D eigenvalue weighted by atomic mass is 16.5. The van der Waals surface area contributed by atoms with Crippen LogP contribution in [0.15, 0.2) is 0 Å². The van der Waals surface area contributed by atoms with Crippen LogP contribution in [0, 0.1) is 5.92 Å². The Kier molecular flexibility index (Phi) is 10.6. The van der Waals surface area contributed by atoms with Gasteiger partial charge in [0.15, 0.2) is 0 Å². The van der Waals surface area contributed by atoms with Crippen LogP contribution < -0.4 is 0 Å². The Hall–Kier alpha value is -0.530. The van der Waals surface area contributed by atoms with Crippen molar-refractivity contribution < 1.29 is 9.53 Å². The number of esters is 1. The van der Waals surface area contributed by atoms with E-state index in [9.17, 15) is 4.79 Å². The molecule has 0 N–H and O–H groups in total. The van der Waals surface area contributed by atoms with E-state index in [4.69, 9.17) is 4.74 Å². The van der Waals surface area contributed by atoms with Gasteiger partial charge >= 0.3 is 5.97 Å². The minimum Gasteiger partial charge on any atom is -0.462 e. The first-order valence-corrected chi connectivity index (χ1v) is 9.48. The molecule has 0 aromatic heterocycles. The zero-order valence-corrected chi connectivity index (χ0v) is 14.4. The highest BCUT2D eigenvalue weighted by Gasteiger charge is 2.26. The standard InChI is InChI=1S/C19H36O2/c1-3-5-6-7-8-9-10-16-18(13-4-2)21-19(20)17-14-11-12-15-17/h17-18H,3-16H2,1-2H3. The topological polar surface area (TPSA) is 26.3 Å². The Morgan fingerprint density at radius 2 is 1.52 bits per heavy atom. The van der Waals surface area contributed by atoms with Gasteiger partial charge in [-0.3, -0.25) is 4.79 Å². The molecule has 124 valence electrons. The molecule has 0 saturated heterocycles. The molecule has 0 bridgehead atoms. The Morgan fingerprint density at radius 3 is 2.14 bits per heavy atom. The van der Waals surface area contributed by atoms with Gasteiger partial charge in [-0.2, -0.15) is 0 Å². The van der Waals surface area contributed by atoms with Crippen molar-refractivity contribution in [1.29, 1.82) is 0 Å². The van der Waals surface area contributed by atoms with Crippen LogP contribution in [0.5, 0.6) is 0 Å². The van der Waals surface area contributed by atoms with Crippen LogP contribution in [0.3, 0.4) is 0 Å². The molecule has 0 aromatic rings. The number of carbonyl (C=O) groups excluding carboxylic acids is 1. The number of unbranched alkanes of at least 4 members (excludes halogenated alkanes) is 6. The Labute approximate surface area is 132 Å². The third-order valence-electron chi connectivity index (χ3n) is 4.71. The van der Waals surface area contributed by atoms with E-state index in [1.54, 1.807) is 0 Å². The summed E-state index contributed by atoms with van der Waals surface area (Å²) in [5.41, 5.74) is 0. The molecule has 0 aliphatic heterocycles. The molecule has 2 heteroatoms. The van der Waals surface area contributed by atoms with Crippen LogP contribution in [-0.2, 0) is 9.53 Å². The largest absolute Gasteiger partial charge is 0.462 e. The molecule has 0 aromatic carbocycles. The molecule has 1 rings (SSSR count). The third kappa shape index (κ3) is 8.48. The summed E-state index contributed by atoms with van der Waals surface area (Å²) >= 11 is 0. The molecule has 21 heavy (non-hydrogen) atoms. The fourth-order valence-corrected chi connectivity index (χ4v) is 3.34. The van der Waals surface area contributed by atoms with Crippen molar-refractivity contribution in [3.63, 3.8) is 0 Å². The van der Waals surface area contributed by atoms with Crippen molar-refractivity contribution in [2.24, 2.45) is 5.92 Å². The molecule has 1 fully saturated rings. The van der Waals surface area contributed by atoms with Crippen LogP contribution in [0.25, 0.3) is 0 Å². The Balaban J connectivity index is 2.12. The van der Waals surface area contributed by atoms with Crippen molar-refractivity contribution in [2.75, 3.05) is 0 Å². The first kappa shape index (κ1) is 18.5. The van der Waals surface area contributed by atoms with E-state index in [0.29, 0.717) is 0 Å². The summed E-state index contributed by atoms with van der Waals surface area (Å²) < 4.78 is 5.78. The van der Waals surface area contributed by atoms with Gasteiger partial charge in [0, 0.05) is 0 Å². The fraction of sp³-hybridized carbons (Fsp3) is 0.947. The van der Waals surface area contributed by atoms with Gasteiger partial charge in [-0.05, 0) is 32.1 Å². The monoisotopic (exact) mass is 296 g/mol. The van der Waals surface area contributed by atoms with Crippen molar-refractivity contribution in [1.82, 2.24) is 0 Å². The Morgan fingerprint density at radius 1 is 0.905 bits per heavy atom. The smallest absolute Gasteiger partial charge is 0.309 e. The SMILES string of the molecule is CCCCCCCCCC(CCC)OC(=O)C1CCCC1. The van der Waals surface area contributed by atoms with E-state index in [0.717, 1.165) is 32.1 Å². The second kappa shape index (κ2) is 12.1. The fourth-order valence-electron chi connectivity index (χ4n) is 3.34. The van der Waals surface area contributed by atoms with Crippen molar-refractivity contribution in [2.45, 2.75) is 110 Å². The number of carbonyl (C=O) groups is 1. The summed E-state index contributed by atoms with van der Waals surface area (Å²) in [6.45, 7) is 4.44. The highest BCUT2D eigenvalue weighted by molar-refractivity contribution is 5.72. The minimum absolute atomic E-state index is 0.0916. The van der Waals surface area contributed by atoms with Crippen molar-refractivity contribution >= 4 is 5.97 Å². The van der Waals surface area contributed by atoms with E-state index in [2.05, 4.69) is 13.8 Å². The normalized spacial score (nSPS) is 17.0. The van der Waals surface area contributed by atoms with Crippen LogP contribution in [0.2, 0.25) is 0 Å². The Bertz CT molecular complexity index is 256. The molecule has 1 aliphatic rings. The summed E-state index contributed by atoms with van der Waals surface area (Å²) in [7, 11) is 0. The molecule has 1 aliphatic carbocycles. The first-order valence-electron chi connectivity index (χ1n) is 9.48. The highest BCUT2D eigenvalue weighted by Crippen LogP contribution is 2.27. The number of ether oxygens (including phenoxy) is 1. The summed E-state index contributed by atoms with van der Waals surface area (Å²) in [5.74, 6) is 0.298. The zero-order chi connectivity index (χ0) is 15.3. The van der Waals surface area contributed by atoms with Gasteiger partial charge in [0.1, 0.15) is 6.10 Å². The third-order valence-corrected chi connectivity index (χ3v) is 4.71. The first-order chi connectivity index (χ1) is 10.3. The van der Waals surface area contributed by atoms with E-state index >= 15 is 0 Å². The van der Waals surface area contributed by atoms with Gasteiger partial charge in [-0.15, -0.1) is 0 Å². The van der Waals surface area contributed by atoms with Crippen LogP contribution in [-0.4, -0.2) is 12.1 Å². The molecule has 1 unspecified atom stereocenters. The van der Waals surface area contributed by atoms with Crippen molar-refractivity contribution in [3.8, 4) is 0 Å². The van der Waals surface area contributed by atoms with Gasteiger partial charge in [-0.25, -0.2) is 0 Å². The number of rotatable bonds is 12. The summed E-state index contributed by atoms with van der Waals surface area (Å²) in [4.78, 5) is 12.1. The van der Waals surface area contributed by atoms with E-state index in [1.165, 1.54) is 57.8 Å². The second-order valence-corrected chi connectivity index (χ2v) is 6.74. The molecular weight excluding hydrogens is 260 g/mol. The van der Waals surface area contributed by atoms with Gasteiger partial charge in [0.25, 0.3) is 0 Å². The van der Waals surface area contributed by atoms with Crippen molar-refractivity contribution in [3.05, 3.63) is 0 Å². The molecule has 2 nitrogen and oxygen atoms in total. The lowest BCUT2D eigenvalue weighted by Crippen LogP contribution is -2.23. The second-order valence-electron chi connectivity index (χ2n) is 6.74. The molecule has 0 radical (unpaired) electrons. The molecule has 0 amide bonds. The minimum atomic E-state index is 0.0916. The molecule has 1 saturated carbocycles. The molecular formula is C19H36O2. The predicted octanol–water partition coefficient (Wildman–Crippen LogP) is 6.03. The van der Waals surface area contributed by atoms with Gasteiger partial charge in [0.2, 0.25) is 0 Å². The lowest BCUT2D eigenvalue weighted by atomic mass is 10.0. The molecule has 0 heterocycles. The van der Waals surface area contributed by atoms with Crippen LogP contribution in [0.1, 0.15) is 104 Å². The lowest BCUT2D eigenvalue weighted by Gasteiger charge is -2.19. The van der Waals surface area contributed by atoms with Crippen LogP contribution in [0.4, 0.5) is 0 Å². The molecule has 1 atom stereocenters. The quantitative estimate of drug-likeness (QED) is 0.325. The predicted molar refractivity (Wildman–Crippen MR) is 89.4 cm³/mol. The maximum atomic E-state index is 12.1. The lowest BCUT2D eigenvalue weighted by molar-refractivity contribution is -0.154. The van der Waals surface area contributed by atoms with E-state index in [1.807, 2.05) is 0 Å². The zero-order valence-electron chi connectivity index (χ0n) is 14.4. The van der Waals surface area contributed by atoms with Gasteiger partial charge in [-0.1, -0.05) is 71.6 Å². The number of hydrogen-bond acceptors (Lipinski definition) is 2. The van der Waals surface area contributed by atoms with Gasteiger partial charge < -0.3 is 4.74 Å². The number of hydrogen-bond donors (Lipinski definition) is 0. The average molecular weight is 296 g/mol. The summed E-state index contributed by atoms with van der Waals surface area (Å²) in [5, 5.41) is 0. The summed E-state index contributed by atoms with van der Waals surface area (Å²) in [6.07, 6.45) is 17.2. The summed E-state index contributed by atoms with van der Waals surface area (Å²) in [6, 6.07) is 0.